The minimum Gasteiger partial charge on any atom is -0.478 e. The average molecular weight is 302 g/mol. The molecule has 0 saturated carbocycles. The third kappa shape index (κ3) is 5.36. The van der Waals surface area contributed by atoms with Crippen molar-refractivity contribution < 1.29 is 19.4 Å². The molecule has 0 aliphatic heterocycles. The van der Waals surface area contributed by atoms with E-state index >= 15 is 0 Å². The SMILES string of the molecule is COCC(O)CNC(=O)C(C)(C)Oc1ccc(Cl)cc1. The molecular weight excluding hydrogens is 282 g/mol. The molecule has 1 aromatic carbocycles. The number of hydrogen-bond donors (Lipinski definition) is 2. The van der Waals surface area contributed by atoms with Crippen LogP contribution < -0.4 is 10.1 Å². The van der Waals surface area contributed by atoms with E-state index in [1.54, 1.807) is 38.1 Å². The molecule has 112 valence electrons. The smallest absolute Gasteiger partial charge is 0.263 e. The highest BCUT2D eigenvalue weighted by molar-refractivity contribution is 6.30. The molecule has 0 heterocycles. The number of aliphatic hydroxyl groups excluding tert-OH is 1. The van der Waals surface area contributed by atoms with Crippen LogP contribution in [0.4, 0.5) is 0 Å². The maximum atomic E-state index is 12.0. The number of rotatable bonds is 7. The van der Waals surface area contributed by atoms with E-state index < -0.39 is 11.7 Å². The summed E-state index contributed by atoms with van der Waals surface area (Å²) in [6, 6.07) is 6.76. The summed E-state index contributed by atoms with van der Waals surface area (Å²) >= 11 is 5.79. The van der Waals surface area contributed by atoms with E-state index in [9.17, 15) is 9.90 Å². The van der Waals surface area contributed by atoms with Gasteiger partial charge in [0, 0.05) is 18.7 Å². The molecule has 20 heavy (non-hydrogen) atoms. The highest BCUT2D eigenvalue weighted by atomic mass is 35.5. The third-order valence-corrected chi connectivity index (χ3v) is 2.84. The molecule has 0 spiro atoms. The van der Waals surface area contributed by atoms with Gasteiger partial charge in [0.25, 0.3) is 5.91 Å². The monoisotopic (exact) mass is 301 g/mol. The van der Waals surface area contributed by atoms with Crippen molar-refractivity contribution in [2.24, 2.45) is 0 Å². The Morgan fingerprint density at radius 3 is 2.55 bits per heavy atom. The third-order valence-electron chi connectivity index (χ3n) is 2.59. The van der Waals surface area contributed by atoms with E-state index in [1.165, 1.54) is 7.11 Å². The molecule has 0 fully saturated rings. The number of carbonyl (C=O) groups is 1. The summed E-state index contributed by atoms with van der Waals surface area (Å²) in [6.07, 6.45) is -0.740. The van der Waals surface area contributed by atoms with Crippen LogP contribution in [0.2, 0.25) is 5.02 Å². The van der Waals surface area contributed by atoms with E-state index in [0.717, 1.165) is 0 Å². The van der Waals surface area contributed by atoms with Gasteiger partial charge < -0.3 is 19.9 Å². The predicted octanol–water partition coefficient (Wildman–Crippen LogP) is 1.62. The van der Waals surface area contributed by atoms with Crippen molar-refractivity contribution in [3.05, 3.63) is 29.3 Å². The molecule has 0 radical (unpaired) electrons. The quantitative estimate of drug-likeness (QED) is 0.803. The van der Waals surface area contributed by atoms with Gasteiger partial charge in [0.05, 0.1) is 12.7 Å². The minimum absolute atomic E-state index is 0.111. The van der Waals surface area contributed by atoms with Gasteiger partial charge in [0.2, 0.25) is 0 Å². The van der Waals surface area contributed by atoms with E-state index in [4.69, 9.17) is 21.1 Å². The first-order valence-electron chi connectivity index (χ1n) is 6.25. The first-order valence-corrected chi connectivity index (χ1v) is 6.63. The van der Waals surface area contributed by atoms with Crippen molar-refractivity contribution in [3.8, 4) is 5.75 Å². The van der Waals surface area contributed by atoms with Crippen molar-refractivity contribution >= 4 is 17.5 Å². The Morgan fingerprint density at radius 1 is 1.40 bits per heavy atom. The maximum Gasteiger partial charge on any atom is 0.263 e. The molecule has 1 rings (SSSR count). The van der Waals surface area contributed by atoms with Gasteiger partial charge in [0.1, 0.15) is 5.75 Å². The second-order valence-electron chi connectivity index (χ2n) is 4.89. The average Bonchev–Trinajstić information content (AvgIpc) is 2.38. The summed E-state index contributed by atoms with van der Waals surface area (Å²) in [5.41, 5.74) is -1.05. The molecule has 0 saturated heterocycles. The number of carbonyl (C=O) groups excluding carboxylic acids is 1. The van der Waals surface area contributed by atoms with Crippen molar-refractivity contribution in [2.45, 2.75) is 25.6 Å². The number of methoxy groups -OCH3 is 1. The highest BCUT2D eigenvalue weighted by Crippen LogP contribution is 2.20. The standard InChI is InChI=1S/C14H20ClNO4/c1-14(2,13(18)16-8-11(17)9-19-3)20-12-6-4-10(15)5-7-12/h4-7,11,17H,8-9H2,1-3H3,(H,16,18). The molecule has 0 aliphatic rings. The molecule has 6 heteroatoms. The first kappa shape index (κ1) is 16.8. The Hall–Kier alpha value is -1.30. The zero-order valence-corrected chi connectivity index (χ0v) is 12.6. The lowest BCUT2D eigenvalue weighted by molar-refractivity contribution is -0.134. The van der Waals surface area contributed by atoms with Crippen molar-refractivity contribution in [3.63, 3.8) is 0 Å². The Morgan fingerprint density at radius 2 is 2.00 bits per heavy atom. The second-order valence-corrected chi connectivity index (χ2v) is 5.32. The lowest BCUT2D eigenvalue weighted by Gasteiger charge is -2.26. The number of nitrogens with one attached hydrogen (secondary N) is 1. The van der Waals surface area contributed by atoms with Gasteiger partial charge in [-0.3, -0.25) is 4.79 Å². The van der Waals surface area contributed by atoms with Gasteiger partial charge in [-0.05, 0) is 38.1 Å². The van der Waals surface area contributed by atoms with Gasteiger partial charge in [-0.1, -0.05) is 11.6 Å². The summed E-state index contributed by atoms with van der Waals surface area (Å²) in [7, 11) is 1.48. The number of amides is 1. The summed E-state index contributed by atoms with van der Waals surface area (Å²) in [5.74, 6) is 0.231. The van der Waals surface area contributed by atoms with E-state index in [2.05, 4.69) is 5.32 Å². The molecule has 5 nitrogen and oxygen atoms in total. The number of hydrogen-bond acceptors (Lipinski definition) is 4. The lowest BCUT2D eigenvalue weighted by atomic mass is 10.1. The summed E-state index contributed by atoms with van der Waals surface area (Å²) in [4.78, 5) is 12.0. The van der Waals surface area contributed by atoms with Crippen LogP contribution in [0.3, 0.4) is 0 Å². The molecule has 1 aromatic rings. The van der Waals surface area contributed by atoms with E-state index in [0.29, 0.717) is 10.8 Å². The van der Waals surface area contributed by atoms with Gasteiger partial charge in [0.15, 0.2) is 5.60 Å². The van der Waals surface area contributed by atoms with Gasteiger partial charge in [-0.2, -0.15) is 0 Å². The van der Waals surface area contributed by atoms with Gasteiger partial charge in [-0.25, -0.2) is 0 Å². The van der Waals surface area contributed by atoms with Crippen LogP contribution in [0.25, 0.3) is 0 Å². The zero-order chi connectivity index (χ0) is 15.2. The normalized spacial score (nSPS) is 12.8. The van der Waals surface area contributed by atoms with Crippen LogP contribution in [-0.4, -0.2) is 43.0 Å². The fourth-order valence-corrected chi connectivity index (χ4v) is 1.64. The summed E-state index contributed by atoms with van der Waals surface area (Å²) in [5, 5.41) is 12.7. The molecule has 1 atom stereocenters. The Balaban J connectivity index is 2.54. The van der Waals surface area contributed by atoms with Crippen molar-refractivity contribution in [1.82, 2.24) is 5.32 Å². The van der Waals surface area contributed by atoms with Crippen LogP contribution in [0.1, 0.15) is 13.8 Å². The largest absolute Gasteiger partial charge is 0.478 e. The van der Waals surface area contributed by atoms with Gasteiger partial charge in [-0.15, -0.1) is 0 Å². The number of ether oxygens (including phenoxy) is 2. The molecular formula is C14H20ClNO4. The fourth-order valence-electron chi connectivity index (χ4n) is 1.52. The number of halogens is 1. The van der Waals surface area contributed by atoms with Crippen LogP contribution in [-0.2, 0) is 9.53 Å². The minimum atomic E-state index is -1.05. The maximum absolute atomic E-state index is 12.0. The Bertz CT molecular complexity index is 433. The molecule has 0 bridgehead atoms. The molecule has 1 unspecified atom stereocenters. The van der Waals surface area contributed by atoms with E-state index in [1.807, 2.05) is 0 Å². The van der Waals surface area contributed by atoms with Crippen molar-refractivity contribution in [2.75, 3.05) is 20.3 Å². The second kappa shape index (κ2) is 7.47. The van der Waals surface area contributed by atoms with Crippen LogP contribution in [0.15, 0.2) is 24.3 Å². The summed E-state index contributed by atoms with van der Waals surface area (Å²) in [6.45, 7) is 3.58. The topological polar surface area (TPSA) is 67.8 Å². The van der Waals surface area contributed by atoms with Crippen LogP contribution in [0, 0.1) is 0 Å². The zero-order valence-electron chi connectivity index (χ0n) is 11.9. The van der Waals surface area contributed by atoms with Gasteiger partial charge >= 0.3 is 0 Å². The fraction of sp³-hybridized carbons (Fsp3) is 0.500. The van der Waals surface area contributed by atoms with Crippen LogP contribution >= 0.6 is 11.6 Å². The number of aliphatic hydroxyl groups is 1. The summed E-state index contributed by atoms with van der Waals surface area (Å²) < 4.78 is 10.4. The van der Waals surface area contributed by atoms with E-state index in [-0.39, 0.29) is 19.1 Å². The van der Waals surface area contributed by atoms with Crippen molar-refractivity contribution in [1.29, 1.82) is 0 Å². The Kier molecular flexibility index (Phi) is 6.26. The predicted molar refractivity (Wildman–Crippen MR) is 77.1 cm³/mol. The molecule has 2 N–H and O–H groups in total. The molecule has 0 aromatic heterocycles. The highest BCUT2D eigenvalue weighted by Gasteiger charge is 2.30. The number of benzene rings is 1. The Labute approximate surface area is 123 Å². The first-order chi connectivity index (χ1) is 9.35. The van der Waals surface area contributed by atoms with Crippen LogP contribution in [0.5, 0.6) is 5.75 Å². The lowest BCUT2D eigenvalue weighted by Crippen LogP contribution is -2.48. The molecule has 1 amide bonds. The molecule has 0 aliphatic carbocycles.